The second kappa shape index (κ2) is 4.86. The van der Waals surface area contributed by atoms with Crippen molar-refractivity contribution in [3.8, 4) is 16.9 Å². The number of nitrogens with zero attached hydrogens (tertiary/aromatic N) is 1. The van der Waals surface area contributed by atoms with Crippen LogP contribution in [0.2, 0.25) is 5.02 Å². The highest BCUT2D eigenvalue weighted by Crippen LogP contribution is 2.33. The molecule has 0 aliphatic heterocycles. The van der Waals surface area contributed by atoms with Gasteiger partial charge in [-0.1, -0.05) is 23.7 Å². The Bertz CT molecular complexity index is 543. The summed E-state index contributed by atoms with van der Waals surface area (Å²) in [5.41, 5.74) is 1.43. The third-order valence-electron chi connectivity index (χ3n) is 2.15. The van der Waals surface area contributed by atoms with Gasteiger partial charge < -0.3 is 4.74 Å². The van der Waals surface area contributed by atoms with Crippen LogP contribution in [0.3, 0.4) is 0 Å². The minimum Gasteiger partial charge on any atom is -0.404 e. The first-order valence-corrected chi connectivity index (χ1v) is 5.29. The fourth-order valence-corrected chi connectivity index (χ4v) is 1.64. The number of rotatable bonds is 2. The van der Waals surface area contributed by atoms with Crippen LogP contribution < -0.4 is 4.74 Å². The molecule has 0 fully saturated rings. The van der Waals surface area contributed by atoms with Gasteiger partial charge in [-0.15, -0.1) is 13.2 Å². The van der Waals surface area contributed by atoms with Crippen LogP contribution in [0.15, 0.2) is 42.7 Å². The number of alkyl halides is 3. The summed E-state index contributed by atoms with van der Waals surface area (Å²) >= 11 is 5.74. The van der Waals surface area contributed by atoms with Crippen LogP contribution in [0.1, 0.15) is 0 Å². The van der Waals surface area contributed by atoms with E-state index in [1.807, 2.05) is 0 Å². The molecule has 1 heterocycles. The second-order valence-corrected chi connectivity index (χ2v) is 3.84. The van der Waals surface area contributed by atoms with Crippen molar-refractivity contribution in [1.29, 1.82) is 0 Å². The van der Waals surface area contributed by atoms with E-state index in [-0.39, 0.29) is 5.02 Å². The monoisotopic (exact) mass is 273 g/mol. The summed E-state index contributed by atoms with van der Waals surface area (Å²) in [6, 6.07) is 7.58. The number of benzene rings is 1. The zero-order chi connectivity index (χ0) is 13.2. The van der Waals surface area contributed by atoms with Crippen LogP contribution in [0.4, 0.5) is 13.2 Å². The predicted octanol–water partition coefficient (Wildman–Crippen LogP) is 4.30. The SMILES string of the molecule is FC(F)(F)Oc1ccc(-c2cccnc2)cc1Cl. The Kier molecular flexibility index (Phi) is 3.43. The van der Waals surface area contributed by atoms with Gasteiger partial charge in [0.1, 0.15) is 5.75 Å². The van der Waals surface area contributed by atoms with E-state index >= 15 is 0 Å². The van der Waals surface area contributed by atoms with Crippen molar-refractivity contribution in [3.05, 3.63) is 47.7 Å². The minimum atomic E-state index is -4.75. The lowest BCUT2D eigenvalue weighted by Gasteiger charge is -2.11. The topological polar surface area (TPSA) is 22.1 Å². The van der Waals surface area contributed by atoms with Crippen molar-refractivity contribution in [3.63, 3.8) is 0 Å². The standard InChI is InChI=1S/C12H7ClF3NO/c13-10-6-8(9-2-1-5-17-7-9)3-4-11(10)18-12(14,15)16/h1-7H. The largest absolute Gasteiger partial charge is 0.573 e. The second-order valence-electron chi connectivity index (χ2n) is 3.43. The molecule has 0 saturated carbocycles. The molecule has 0 aliphatic rings. The molecule has 0 unspecified atom stereocenters. The third-order valence-corrected chi connectivity index (χ3v) is 2.45. The molecule has 94 valence electrons. The normalized spacial score (nSPS) is 11.3. The summed E-state index contributed by atoms with van der Waals surface area (Å²) < 4.78 is 39.9. The van der Waals surface area contributed by atoms with Gasteiger partial charge in [0.2, 0.25) is 0 Å². The molecule has 1 aromatic heterocycles. The highest BCUT2D eigenvalue weighted by atomic mass is 35.5. The maximum absolute atomic E-state index is 12.1. The minimum absolute atomic E-state index is 0.103. The van der Waals surface area contributed by atoms with E-state index in [4.69, 9.17) is 11.6 Å². The Morgan fingerprint density at radius 3 is 2.44 bits per heavy atom. The van der Waals surface area contributed by atoms with Crippen LogP contribution in [0.5, 0.6) is 5.75 Å². The fraction of sp³-hybridized carbons (Fsp3) is 0.0833. The molecule has 0 bridgehead atoms. The first-order valence-electron chi connectivity index (χ1n) is 4.91. The molecular weight excluding hydrogens is 267 g/mol. The average molecular weight is 274 g/mol. The molecule has 0 N–H and O–H groups in total. The zero-order valence-electron chi connectivity index (χ0n) is 8.91. The summed E-state index contributed by atoms with van der Waals surface area (Å²) in [6.45, 7) is 0. The highest BCUT2D eigenvalue weighted by molar-refractivity contribution is 6.32. The number of aromatic nitrogens is 1. The van der Waals surface area contributed by atoms with Gasteiger partial charge >= 0.3 is 6.36 Å². The molecule has 2 nitrogen and oxygen atoms in total. The van der Waals surface area contributed by atoms with Gasteiger partial charge in [0.25, 0.3) is 0 Å². The summed E-state index contributed by atoms with van der Waals surface area (Å²) in [4.78, 5) is 3.92. The molecule has 6 heteroatoms. The number of hydrogen-bond donors (Lipinski definition) is 0. The van der Waals surface area contributed by atoms with E-state index in [0.29, 0.717) is 5.56 Å². The molecule has 0 spiro atoms. The van der Waals surface area contributed by atoms with Crippen LogP contribution in [-0.4, -0.2) is 11.3 Å². The smallest absolute Gasteiger partial charge is 0.404 e. The van der Waals surface area contributed by atoms with Crippen molar-refractivity contribution in [2.24, 2.45) is 0 Å². The van der Waals surface area contributed by atoms with Gasteiger partial charge in [-0.05, 0) is 23.8 Å². The van der Waals surface area contributed by atoms with Gasteiger partial charge in [-0.25, -0.2) is 0 Å². The van der Waals surface area contributed by atoms with E-state index in [2.05, 4.69) is 9.72 Å². The lowest BCUT2D eigenvalue weighted by Crippen LogP contribution is -2.17. The molecule has 0 amide bonds. The van der Waals surface area contributed by atoms with Gasteiger partial charge in [0.05, 0.1) is 5.02 Å². The predicted molar refractivity (Wildman–Crippen MR) is 61.4 cm³/mol. The fourth-order valence-electron chi connectivity index (χ4n) is 1.42. The molecule has 0 saturated heterocycles. The number of hydrogen-bond acceptors (Lipinski definition) is 2. The Labute approximate surface area is 106 Å². The molecular formula is C12H7ClF3NO. The number of halogens is 4. The summed E-state index contributed by atoms with van der Waals surface area (Å²) in [5.74, 6) is -0.420. The van der Waals surface area contributed by atoms with Crippen molar-refractivity contribution < 1.29 is 17.9 Å². The van der Waals surface area contributed by atoms with E-state index < -0.39 is 12.1 Å². The van der Waals surface area contributed by atoms with Crippen molar-refractivity contribution >= 4 is 11.6 Å². The average Bonchev–Trinajstić information content (AvgIpc) is 2.31. The van der Waals surface area contributed by atoms with E-state index in [0.717, 1.165) is 5.56 Å². The lowest BCUT2D eigenvalue weighted by atomic mass is 10.1. The van der Waals surface area contributed by atoms with Gasteiger partial charge in [-0.2, -0.15) is 0 Å². The van der Waals surface area contributed by atoms with Crippen LogP contribution in [-0.2, 0) is 0 Å². The van der Waals surface area contributed by atoms with Crippen LogP contribution in [0.25, 0.3) is 11.1 Å². The molecule has 0 radical (unpaired) electrons. The molecule has 1 aromatic carbocycles. The zero-order valence-corrected chi connectivity index (χ0v) is 9.66. The quantitative estimate of drug-likeness (QED) is 0.814. The number of ether oxygens (including phenoxy) is 1. The first kappa shape index (κ1) is 12.7. The maximum atomic E-state index is 12.1. The van der Waals surface area contributed by atoms with Crippen molar-refractivity contribution in [2.45, 2.75) is 6.36 Å². The van der Waals surface area contributed by atoms with E-state index in [1.165, 1.54) is 18.2 Å². The Morgan fingerprint density at radius 2 is 1.89 bits per heavy atom. The van der Waals surface area contributed by atoms with Gasteiger partial charge in [-0.3, -0.25) is 4.98 Å². The molecule has 0 aliphatic carbocycles. The summed E-state index contributed by atoms with van der Waals surface area (Å²) in [7, 11) is 0. The third kappa shape index (κ3) is 3.13. The van der Waals surface area contributed by atoms with E-state index in [1.54, 1.807) is 24.5 Å². The van der Waals surface area contributed by atoms with Crippen molar-refractivity contribution in [2.75, 3.05) is 0 Å². The Balaban J connectivity index is 2.31. The summed E-state index contributed by atoms with van der Waals surface area (Å²) in [5, 5.41) is -0.103. The van der Waals surface area contributed by atoms with E-state index in [9.17, 15) is 13.2 Å². The van der Waals surface area contributed by atoms with Gasteiger partial charge in [0.15, 0.2) is 0 Å². The molecule has 2 rings (SSSR count). The van der Waals surface area contributed by atoms with Crippen LogP contribution in [0, 0.1) is 0 Å². The molecule has 18 heavy (non-hydrogen) atoms. The number of pyridine rings is 1. The molecule has 2 aromatic rings. The maximum Gasteiger partial charge on any atom is 0.573 e. The highest BCUT2D eigenvalue weighted by Gasteiger charge is 2.32. The van der Waals surface area contributed by atoms with Crippen LogP contribution >= 0.6 is 11.6 Å². The summed E-state index contributed by atoms with van der Waals surface area (Å²) in [6.07, 6.45) is -1.55. The first-order chi connectivity index (χ1) is 8.46. The molecule has 0 atom stereocenters. The van der Waals surface area contributed by atoms with Crippen molar-refractivity contribution in [1.82, 2.24) is 4.98 Å². The Morgan fingerprint density at radius 1 is 1.11 bits per heavy atom. The lowest BCUT2D eigenvalue weighted by molar-refractivity contribution is -0.274. The van der Waals surface area contributed by atoms with Gasteiger partial charge in [0, 0.05) is 18.0 Å². The Hall–Kier alpha value is -1.75.